The van der Waals surface area contributed by atoms with E-state index in [1.54, 1.807) is 0 Å². The van der Waals surface area contributed by atoms with E-state index in [-0.39, 0.29) is 21.4 Å². The largest absolute Gasteiger partial charge is 0.465 e. The van der Waals surface area contributed by atoms with Crippen LogP contribution in [0.2, 0.25) is 0 Å². The Morgan fingerprint density at radius 2 is 2.20 bits per heavy atom. The van der Waals surface area contributed by atoms with E-state index in [0.29, 0.717) is 0 Å². The van der Waals surface area contributed by atoms with Crippen LogP contribution in [0.1, 0.15) is 10.4 Å². The maximum Gasteiger partial charge on any atom is 0.340 e. The molecule has 0 saturated heterocycles. The Hall–Kier alpha value is -1.63. The van der Waals surface area contributed by atoms with E-state index in [1.165, 1.54) is 13.2 Å². The molecule has 15 heavy (non-hydrogen) atoms. The third-order valence-electron chi connectivity index (χ3n) is 1.72. The van der Waals surface area contributed by atoms with Crippen molar-refractivity contribution in [1.82, 2.24) is 0 Å². The number of esters is 1. The molecule has 0 radical (unpaired) electrons. The van der Waals surface area contributed by atoms with Gasteiger partial charge in [-0.15, -0.1) is 0 Å². The highest BCUT2D eigenvalue weighted by Gasteiger charge is 2.18. The van der Waals surface area contributed by atoms with Crippen molar-refractivity contribution >= 4 is 33.3 Å². The summed E-state index contributed by atoms with van der Waals surface area (Å²) < 4.78 is 4.65. The summed E-state index contributed by atoms with van der Waals surface area (Å²) in [6.45, 7) is 0. The molecular weight excluding hydrogens is 268 g/mol. The Balaban J connectivity index is 3.31. The lowest BCUT2D eigenvalue weighted by Gasteiger charge is -2.04. The first-order valence-corrected chi connectivity index (χ1v) is 4.58. The summed E-state index contributed by atoms with van der Waals surface area (Å²) in [6.07, 6.45) is 0. The Labute approximate surface area is 93.3 Å². The Morgan fingerprint density at radius 1 is 1.60 bits per heavy atom. The third kappa shape index (κ3) is 2.24. The van der Waals surface area contributed by atoms with Crippen LogP contribution in [0, 0.1) is 10.1 Å². The van der Waals surface area contributed by atoms with Gasteiger partial charge in [0.05, 0.1) is 27.8 Å². The van der Waals surface area contributed by atoms with Crippen LogP contribution in [0.5, 0.6) is 0 Å². The summed E-state index contributed by atoms with van der Waals surface area (Å²) in [5, 5.41) is 10.5. The number of methoxy groups -OCH3 is 1. The van der Waals surface area contributed by atoms with Crippen LogP contribution < -0.4 is 5.73 Å². The van der Waals surface area contributed by atoms with Gasteiger partial charge in [-0.05, 0) is 22.0 Å². The molecule has 80 valence electrons. The Bertz CT molecular complexity index is 433. The van der Waals surface area contributed by atoms with Crippen molar-refractivity contribution in [3.05, 3.63) is 32.3 Å². The number of benzene rings is 1. The van der Waals surface area contributed by atoms with Gasteiger partial charge in [0.25, 0.3) is 5.69 Å². The quantitative estimate of drug-likeness (QED) is 0.383. The van der Waals surface area contributed by atoms with Crippen molar-refractivity contribution in [3.63, 3.8) is 0 Å². The zero-order chi connectivity index (χ0) is 11.6. The second-order valence-corrected chi connectivity index (χ2v) is 3.49. The molecule has 0 heterocycles. The van der Waals surface area contributed by atoms with Gasteiger partial charge in [0.2, 0.25) is 0 Å². The van der Waals surface area contributed by atoms with Crippen molar-refractivity contribution < 1.29 is 14.5 Å². The molecule has 0 saturated carbocycles. The number of nitrogens with zero attached hydrogens (tertiary/aromatic N) is 1. The average Bonchev–Trinajstić information content (AvgIpc) is 2.19. The van der Waals surface area contributed by atoms with Crippen LogP contribution in [-0.2, 0) is 4.74 Å². The predicted molar refractivity (Wildman–Crippen MR) is 56.5 cm³/mol. The van der Waals surface area contributed by atoms with Gasteiger partial charge in [0, 0.05) is 6.07 Å². The maximum absolute atomic E-state index is 11.2. The molecule has 0 unspecified atom stereocenters. The molecule has 0 aromatic heterocycles. The molecule has 0 spiro atoms. The number of halogens is 1. The number of ether oxygens (including phenoxy) is 1. The van der Waals surface area contributed by atoms with E-state index < -0.39 is 10.9 Å². The number of nitro groups is 1. The number of anilines is 1. The Morgan fingerprint density at radius 3 is 2.67 bits per heavy atom. The molecule has 0 atom stereocenters. The second kappa shape index (κ2) is 4.26. The number of nitrogens with two attached hydrogens (primary N) is 1. The van der Waals surface area contributed by atoms with E-state index >= 15 is 0 Å². The Kier molecular flexibility index (Phi) is 3.25. The van der Waals surface area contributed by atoms with Crippen molar-refractivity contribution in [2.75, 3.05) is 12.8 Å². The predicted octanol–water partition coefficient (Wildman–Crippen LogP) is 1.73. The molecule has 0 aliphatic rings. The van der Waals surface area contributed by atoms with E-state index in [9.17, 15) is 14.9 Å². The highest BCUT2D eigenvalue weighted by molar-refractivity contribution is 9.10. The van der Waals surface area contributed by atoms with Crippen LogP contribution in [0.25, 0.3) is 0 Å². The highest BCUT2D eigenvalue weighted by Crippen LogP contribution is 2.30. The zero-order valence-corrected chi connectivity index (χ0v) is 9.28. The molecule has 0 amide bonds. The number of hydrogen-bond acceptors (Lipinski definition) is 5. The fourth-order valence-electron chi connectivity index (χ4n) is 1.00. The van der Waals surface area contributed by atoms with Crippen molar-refractivity contribution in [1.29, 1.82) is 0 Å². The van der Waals surface area contributed by atoms with E-state index in [0.717, 1.165) is 6.07 Å². The number of nitrogen functional groups attached to an aromatic ring is 1. The van der Waals surface area contributed by atoms with Crippen molar-refractivity contribution in [3.8, 4) is 0 Å². The van der Waals surface area contributed by atoms with Gasteiger partial charge >= 0.3 is 5.97 Å². The molecule has 0 fully saturated rings. The van der Waals surface area contributed by atoms with Crippen LogP contribution in [0.3, 0.4) is 0 Å². The molecule has 2 N–H and O–H groups in total. The molecule has 1 aromatic rings. The van der Waals surface area contributed by atoms with Crippen LogP contribution in [0.15, 0.2) is 16.6 Å². The molecule has 7 heteroatoms. The molecule has 1 rings (SSSR count). The van der Waals surface area contributed by atoms with Gasteiger partial charge in [0.1, 0.15) is 0 Å². The normalized spacial score (nSPS) is 9.73. The molecular formula is C8H7BrN2O4. The standard InChI is InChI=1S/C8H7BrN2O4/c1-15-8(12)4-2-5(9)7(11(13)14)3-6(4)10/h2-3H,10H2,1H3. The lowest BCUT2D eigenvalue weighted by atomic mass is 10.1. The van der Waals surface area contributed by atoms with Crippen molar-refractivity contribution in [2.24, 2.45) is 0 Å². The van der Waals surface area contributed by atoms with Crippen LogP contribution >= 0.6 is 15.9 Å². The first kappa shape index (κ1) is 11.4. The van der Waals surface area contributed by atoms with Crippen LogP contribution in [0.4, 0.5) is 11.4 Å². The van der Waals surface area contributed by atoms with E-state index in [1.807, 2.05) is 0 Å². The average molecular weight is 275 g/mol. The lowest BCUT2D eigenvalue weighted by Crippen LogP contribution is -2.06. The minimum absolute atomic E-state index is 0.0109. The first-order valence-electron chi connectivity index (χ1n) is 3.79. The first-order chi connectivity index (χ1) is 6.97. The van der Waals surface area contributed by atoms with Gasteiger partial charge in [-0.2, -0.15) is 0 Å². The van der Waals surface area contributed by atoms with Gasteiger partial charge in [-0.25, -0.2) is 4.79 Å². The smallest absolute Gasteiger partial charge is 0.340 e. The monoisotopic (exact) mass is 274 g/mol. The number of carbonyl (C=O) groups excluding carboxylic acids is 1. The summed E-state index contributed by atoms with van der Waals surface area (Å²) in [4.78, 5) is 21.1. The number of carbonyl (C=O) groups is 1. The SMILES string of the molecule is COC(=O)c1cc(Br)c([N+](=O)[O-])cc1N. The molecule has 6 nitrogen and oxygen atoms in total. The number of nitro benzene ring substituents is 1. The molecule has 0 aliphatic carbocycles. The van der Waals surface area contributed by atoms with Crippen molar-refractivity contribution in [2.45, 2.75) is 0 Å². The van der Waals surface area contributed by atoms with Crippen LogP contribution in [-0.4, -0.2) is 18.0 Å². The second-order valence-electron chi connectivity index (χ2n) is 2.64. The maximum atomic E-state index is 11.2. The number of hydrogen-bond donors (Lipinski definition) is 1. The molecule has 0 bridgehead atoms. The fourth-order valence-corrected chi connectivity index (χ4v) is 1.49. The van der Waals surface area contributed by atoms with E-state index in [2.05, 4.69) is 20.7 Å². The van der Waals surface area contributed by atoms with E-state index in [4.69, 9.17) is 5.73 Å². The molecule has 1 aromatic carbocycles. The topological polar surface area (TPSA) is 95.5 Å². The zero-order valence-electron chi connectivity index (χ0n) is 7.69. The highest BCUT2D eigenvalue weighted by atomic mass is 79.9. The summed E-state index contributed by atoms with van der Waals surface area (Å²) in [6, 6.07) is 2.37. The summed E-state index contributed by atoms with van der Waals surface area (Å²) in [5.41, 5.74) is 5.39. The van der Waals surface area contributed by atoms with Gasteiger partial charge in [0.15, 0.2) is 0 Å². The lowest BCUT2D eigenvalue weighted by molar-refractivity contribution is -0.385. The minimum atomic E-state index is -0.636. The van der Waals surface area contributed by atoms with Gasteiger partial charge in [-0.3, -0.25) is 10.1 Å². The fraction of sp³-hybridized carbons (Fsp3) is 0.125. The summed E-state index contributed by atoms with van der Waals surface area (Å²) in [5.74, 6) is -0.636. The minimum Gasteiger partial charge on any atom is -0.465 e. The third-order valence-corrected chi connectivity index (χ3v) is 2.36. The van der Waals surface area contributed by atoms with Gasteiger partial charge in [-0.1, -0.05) is 0 Å². The molecule has 0 aliphatic heterocycles. The summed E-state index contributed by atoms with van der Waals surface area (Å²) >= 11 is 2.97. The number of rotatable bonds is 2. The summed E-state index contributed by atoms with van der Waals surface area (Å²) in [7, 11) is 1.21. The van der Waals surface area contributed by atoms with Gasteiger partial charge < -0.3 is 10.5 Å².